The van der Waals surface area contributed by atoms with E-state index in [9.17, 15) is 52.7 Å². The van der Waals surface area contributed by atoms with Crippen LogP contribution in [0.3, 0.4) is 0 Å². The molecule has 4 nitrogen and oxygen atoms in total. The Hall–Kier alpha value is -4.70. The number of aryl methyl sites for hydroxylation is 2. The van der Waals surface area contributed by atoms with Gasteiger partial charge in [-0.25, -0.2) is 72.3 Å². The van der Waals surface area contributed by atoms with Crippen molar-refractivity contribution in [2.24, 2.45) is 0 Å². The maximum absolute atomic E-state index is 12.8. The van der Waals surface area contributed by atoms with E-state index in [-0.39, 0.29) is 70.4 Å². The first-order valence-corrected chi connectivity index (χ1v) is 21.3. The first-order chi connectivity index (χ1) is 32.6. The van der Waals surface area contributed by atoms with Crippen LogP contribution in [0.4, 0.5) is 52.7 Å². The first-order valence-electron chi connectivity index (χ1n) is 19.3. The van der Waals surface area contributed by atoms with Crippen LogP contribution < -0.4 is 17.1 Å². The number of aromatic hydroxyl groups is 1. The van der Waals surface area contributed by atoms with E-state index in [1.165, 1.54) is 49.6 Å². The summed E-state index contributed by atoms with van der Waals surface area (Å²) in [4.78, 5) is 8.00. The number of rotatable bonds is 9. The molecule has 6 rings (SSSR count). The third-order valence-corrected chi connectivity index (χ3v) is 8.46. The molecular formula is C51H48Br3ClF12MgO4. The second-order valence-electron chi connectivity index (χ2n) is 12.9. The molecule has 0 bridgehead atoms. The predicted molar refractivity (Wildman–Crippen MR) is 268 cm³/mol. The van der Waals surface area contributed by atoms with Crippen molar-refractivity contribution in [3.05, 3.63) is 245 Å². The van der Waals surface area contributed by atoms with Crippen LogP contribution in [0.1, 0.15) is 35.1 Å². The van der Waals surface area contributed by atoms with Gasteiger partial charge in [0.25, 0.3) is 0 Å². The zero-order valence-electron chi connectivity index (χ0n) is 38.3. The van der Waals surface area contributed by atoms with Crippen molar-refractivity contribution in [2.75, 3.05) is 7.11 Å². The predicted octanol–water partition coefficient (Wildman–Crippen LogP) is 12.9. The van der Waals surface area contributed by atoms with Crippen LogP contribution in [0, 0.1) is 76.7 Å². The first kappa shape index (κ1) is 76.2. The van der Waals surface area contributed by atoms with Gasteiger partial charge in [0.15, 0.2) is 17.4 Å². The van der Waals surface area contributed by atoms with Crippen molar-refractivity contribution in [3.8, 4) is 11.5 Å². The van der Waals surface area contributed by atoms with Crippen LogP contribution in [-0.2, 0) is 29.6 Å². The van der Waals surface area contributed by atoms with Crippen molar-refractivity contribution in [1.82, 2.24) is 0 Å². The Kier molecular flexibility index (Phi) is 47.6. The zero-order valence-corrected chi connectivity index (χ0v) is 45.4. The number of phenolic OH excluding ortho intramolecular Hbond substituents is 1. The minimum absolute atomic E-state index is 0. The SMILES string of the molecule is Br.C=CCCc1cc(F)c(O)c(F)c1.C=CCCc1cc(F)cc(F)c1.C=C[CH2-].C=O.COc1cc(F)cc(F)c1.Fc1cc(F)cc(Br)c1.Fc1cc(F)cc(CBr)c1.OCc1cc(F)cc(F)c1.[Cl-].[Mg+2]. The molecule has 2 N–H and O–H groups in total. The van der Waals surface area contributed by atoms with Crippen molar-refractivity contribution in [1.29, 1.82) is 0 Å². The Morgan fingerprint density at radius 3 is 1.06 bits per heavy atom. The molecule has 0 fully saturated rings. The van der Waals surface area contributed by atoms with Crippen LogP contribution >= 0.6 is 48.8 Å². The molecule has 0 saturated heterocycles. The average molecular weight is 1250 g/mol. The Morgan fingerprint density at radius 1 is 0.528 bits per heavy atom. The van der Waals surface area contributed by atoms with Crippen LogP contribution in [0.25, 0.3) is 0 Å². The van der Waals surface area contributed by atoms with Crippen LogP contribution in [0.2, 0.25) is 0 Å². The summed E-state index contributed by atoms with van der Waals surface area (Å²) in [7, 11) is 1.36. The molecule has 0 saturated carbocycles. The van der Waals surface area contributed by atoms with Gasteiger partial charge in [-0.2, -0.15) is 0 Å². The number of aliphatic hydroxyl groups is 1. The van der Waals surface area contributed by atoms with Crippen molar-refractivity contribution >= 4 is 78.7 Å². The Balaban J connectivity index is -0.000000244. The van der Waals surface area contributed by atoms with E-state index in [2.05, 4.69) is 63.3 Å². The molecule has 72 heavy (non-hydrogen) atoms. The fourth-order valence-electron chi connectivity index (χ4n) is 4.61. The zero-order chi connectivity index (χ0) is 53.1. The summed E-state index contributed by atoms with van der Waals surface area (Å²) in [6, 6.07) is 18.4. The second-order valence-corrected chi connectivity index (χ2v) is 14.3. The van der Waals surface area contributed by atoms with Crippen molar-refractivity contribution < 1.29 is 84.8 Å². The molecule has 0 aromatic heterocycles. The molecule has 0 aliphatic carbocycles. The Labute approximate surface area is 461 Å². The molecule has 21 heteroatoms. The molecule has 0 heterocycles. The molecule has 6 aromatic carbocycles. The van der Waals surface area contributed by atoms with Gasteiger partial charge in [-0.15, -0.1) is 30.1 Å². The van der Waals surface area contributed by atoms with Gasteiger partial charge >= 0.3 is 23.1 Å². The number of carbonyl (C=O) groups is 1. The summed E-state index contributed by atoms with van der Waals surface area (Å²) in [5.41, 5.74) is 2.05. The quantitative estimate of drug-likeness (QED) is 0.0498. The third kappa shape index (κ3) is 37.1. The number of hydrogen-bond donors (Lipinski definition) is 2. The number of carbonyl (C=O) groups excluding carboxylic acids is 1. The number of phenols is 1. The molecule has 0 radical (unpaired) electrons. The molecule has 0 aliphatic rings. The summed E-state index contributed by atoms with van der Waals surface area (Å²) in [6.45, 7) is 15.2. The van der Waals surface area contributed by atoms with Gasteiger partial charge in [0.1, 0.15) is 70.7 Å². The smallest absolute Gasteiger partial charge is 1.00 e. The third-order valence-electron chi connectivity index (χ3n) is 7.35. The fourth-order valence-corrected chi connectivity index (χ4v) is 5.37. The molecule has 0 aliphatic heterocycles. The van der Waals surface area contributed by atoms with Gasteiger partial charge in [0, 0.05) is 52.3 Å². The fraction of sp³-hybridized carbons (Fsp3) is 0.137. The van der Waals surface area contributed by atoms with Gasteiger partial charge in [-0.05, 0) is 109 Å². The maximum Gasteiger partial charge on any atom is 2.00 e. The number of methoxy groups -OCH3 is 1. The number of allylic oxidation sites excluding steroid dienone is 3. The average Bonchev–Trinajstić information content (AvgIpc) is 3.27. The largest absolute Gasteiger partial charge is 2.00 e. The van der Waals surface area contributed by atoms with E-state index in [1.54, 1.807) is 12.2 Å². The van der Waals surface area contributed by atoms with Crippen LogP contribution in [0.15, 0.2) is 146 Å². The van der Waals surface area contributed by atoms with Crippen LogP contribution in [0.5, 0.6) is 11.5 Å². The van der Waals surface area contributed by atoms with E-state index in [1.807, 2.05) is 6.79 Å². The Morgan fingerprint density at radius 2 is 0.792 bits per heavy atom. The van der Waals surface area contributed by atoms with Crippen molar-refractivity contribution in [2.45, 2.75) is 37.6 Å². The summed E-state index contributed by atoms with van der Waals surface area (Å²) in [5.74, 6) is -8.38. The van der Waals surface area contributed by atoms with E-state index < -0.39 is 75.6 Å². The monoisotopic (exact) mass is 1250 g/mol. The second kappa shape index (κ2) is 45.0. The van der Waals surface area contributed by atoms with Crippen molar-refractivity contribution in [3.63, 3.8) is 0 Å². The van der Waals surface area contributed by atoms with Gasteiger partial charge < -0.3 is 32.2 Å². The maximum atomic E-state index is 12.8. The number of hydrogen-bond acceptors (Lipinski definition) is 4. The van der Waals surface area contributed by atoms with Gasteiger partial charge in [-0.1, -0.05) is 44.0 Å². The Bertz CT molecular complexity index is 2200. The number of benzene rings is 6. The summed E-state index contributed by atoms with van der Waals surface area (Å²) in [5, 5.41) is 17.7. The standard InChI is InChI=1S/C10H10F2O.C10H10F2.C7H5BrF2.2C7H6F2O.C6H3BrF2.C3H5.CH2O.BrH.ClH.Mg/c1-2-3-4-7-5-8(11)10(13)9(12)6-7;1-2-3-4-8-5-9(11)7-10(12)6-8;8-4-5-1-6(9)3-7(10)2-5;1-10-7-3-5(8)2-6(9)4-7;8-6-1-5(4-10)2-7(9)3-6;7-4-1-5(8)3-6(9)2-4;1-3-2;1-2;;;/h2,5-6,13H,1,3-4H2;2,5-7H,1,3-4H2;1-3H,4H2;2-4H,1H3;1-3,10H,4H2;1-3H;3H,1-2H2;1H2;2*1H;/q;;;;;;-1;;;;+2/p-1. The van der Waals surface area contributed by atoms with Gasteiger partial charge in [0.2, 0.25) is 0 Å². The molecule has 0 amide bonds. The minimum atomic E-state index is -0.918. The van der Waals surface area contributed by atoms with E-state index in [0.29, 0.717) is 45.8 Å². The number of alkyl halides is 1. The molecule has 0 unspecified atom stereocenters. The van der Waals surface area contributed by atoms with Crippen LogP contribution in [-0.4, -0.2) is 47.2 Å². The minimum Gasteiger partial charge on any atom is -1.00 e. The normalized spacial score (nSPS) is 8.94. The molecule has 0 atom stereocenters. The summed E-state index contributed by atoms with van der Waals surface area (Å²) < 4.78 is 154. The van der Waals surface area contributed by atoms with E-state index in [4.69, 9.17) is 15.0 Å². The molecule has 390 valence electrons. The molecule has 0 spiro atoms. The van der Waals surface area contributed by atoms with Gasteiger partial charge in [0.05, 0.1) is 13.7 Å². The number of aliphatic hydroxyl groups excluding tert-OH is 1. The summed E-state index contributed by atoms with van der Waals surface area (Å²) >= 11 is 6.03. The molecule has 6 aromatic rings. The number of halogens is 16. The topological polar surface area (TPSA) is 66.8 Å². The van der Waals surface area contributed by atoms with E-state index in [0.717, 1.165) is 73.2 Å². The van der Waals surface area contributed by atoms with E-state index >= 15 is 0 Å². The summed E-state index contributed by atoms with van der Waals surface area (Å²) in [6.07, 6.45) is 7.45. The molecular weight excluding hydrogens is 1200 g/mol. The number of ether oxygens (including phenoxy) is 1. The van der Waals surface area contributed by atoms with Gasteiger partial charge in [-0.3, -0.25) is 0 Å².